The molecule has 0 heterocycles. The lowest BCUT2D eigenvalue weighted by Crippen LogP contribution is -2.35. The molecule has 186 valence electrons. The normalized spacial score (nSPS) is 10.5. The van der Waals surface area contributed by atoms with E-state index in [2.05, 4.69) is 5.32 Å². The molecule has 3 aromatic rings. The Hall–Kier alpha value is -4.47. The molecule has 0 unspecified atom stereocenters. The SMILES string of the molecule is Cc1ccc(C(=O)c2ccccc2C(=O)OCC(=O)NCC(=O)Nc2ccc(F)c(F)c2F)cc1C. The predicted octanol–water partition coefficient (Wildman–Crippen LogP) is 3.86. The van der Waals surface area contributed by atoms with Gasteiger partial charge >= 0.3 is 5.97 Å². The molecule has 0 aliphatic heterocycles. The summed E-state index contributed by atoms with van der Waals surface area (Å²) in [4.78, 5) is 49.4. The van der Waals surface area contributed by atoms with Crippen LogP contribution in [0.5, 0.6) is 0 Å². The number of benzene rings is 3. The molecule has 0 aliphatic rings. The van der Waals surface area contributed by atoms with Crippen LogP contribution in [0.1, 0.15) is 37.4 Å². The maximum Gasteiger partial charge on any atom is 0.339 e. The summed E-state index contributed by atoms with van der Waals surface area (Å²) in [7, 11) is 0. The molecule has 36 heavy (non-hydrogen) atoms. The number of esters is 1. The van der Waals surface area contributed by atoms with Gasteiger partial charge in [-0.15, -0.1) is 0 Å². The summed E-state index contributed by atoms with van der Waals surface area (Å²) in [5.74, 6) is -7.86. The number of ether oxygens (including phenoxy) is 1. The van der Waals surface area contributed by atoms with E-state index in [1.807, 2.05) is 19.2 Å². The third-order valence-corrected chi connectivity index (χ3v) is 5.25. The fraction of sp³-hybridized carbons (Fsp3) is 0.154. The van der Waals surface area contributed by atoms with Gasteiger partial charge in [-0.2, -0.15) is 0 Å². The number of hydrogen-bond donors (Lipinski definition) is 2. The number of ketones is 1. The highest BCUT2D eigenvalue weighted by atomic mass is 19.2. The first-order valence-corrected chi connectivity index (χ1v) is 10.7. The number of carbonyl (C=O) groups is 4. The van der Waals surface area contributed by atoms with Gasteiger partial charge in [0.2, 0.25) is 5.91 Å². The summed E-state index contributed by atoms with van der Waals surface area (Å²) in [5, 5.41) is 4.13. The van der Waals surface area contributed by atoms with Gasteiger partial charge in [-0.05, 0) is 49.2 Å². The van der Waals surface area contributed by atoms with E-state index < -0.39 is 59.9 Å². The zero-order valence-corrected chi connectivity index (χ0v) is 19.3. The van der Waals surface area contributed by atoms with E-state index in [0.717, 1.165) is 17.2 Å². The van der Waals surface area contributed by atoms with Crippen LogP contribution in [-0.2, 0) is 14.3 Å². The number of rotatable bonds is 8. The first kappa shape index (κ1) is 26.1. The van der Waals surface area contributed by atoms with Gasteiger partial charge in [-0.25, -0.2) is 18.0 Å². The molecule has 0 atom stereocenters. The van der Waals surface area contributed by atoms with Crippen LogP contribution in [0.15, 0.2) is 54.6 Å². The lowest BCUT2D eigenvalue weighted by Gasteiger charge is -2.11. The Bertz CT molecular complexity index is 1360. The third kappa shape index (κ3) is 6.15. The number of carbonyl (C=O) groups excluding carboxylic acids is 4. The number of halogens is 3. The van der Waals surface area contributed by atoms with Crippen molar-refractivity contribution in [1.29, 1.82) is 0 Å². The third-order valence-electron chi connectivity index (χ3n) is 5.25. The van der Waals surface area contributed by atoms with E-state index >= 15 is 0 Å². The second kappa shape index (κ2) is 11.3. The molecule has 2 N–H and O–H groups in total. The molecule has 10 heteroatoms. The molecule has 3 aromatic carbocycles. The highest BCUT2D eigenvalue weighted by Gasteiger charge is 2.21. The summed E-state index contributed by atoms with van der Waals surface area (Å²) in [5.41, 5.74) is 1.76. The van der Waals surface area contributed by atoms with Gasteiger partial charge in [0.25, 0.3) is 5.91 Å². The van der Waals surface area contributed by atoms with E-state index in [1.165, 1.54) is 18.2 Å². The second-order valence-electron chi connectivity index (χ2n) is 7.80. The molecule has 0 saturated heterocycles. The van der Waals surface area contributed by atoms with E-state index in [4.69, 9.17) is 4.74 Å². The van der Waals surface area contributed by atoms with Crippen LogP contribution in [0, 0.1) is 31.3 Å². The molecule has 0 radical (unpaired) electrons. The first-order valence-electron chi connectivity index (χ1n) is 10.7. The molecule has 0 aromatic heterocycles. The molecule has 0 spiro atoms. The Morgan fingerprint density at radius 3 is 2.19 bits per heavy atom. The molecule has 7 nitrogen and oxygen atoms in total. The maximum atomic E-state index is 13.6. The topological polar surface area (TPSA) is 102 Å². The minimum Gasteiger partial charge on any atom is -0.452 e. The van der Waals surface area contributed by atoms with Crippen LogP contribution in [0.25, 0.3) is 0 Å². The van der Waals surface area contributed by atoms with Crippen molar-refractivity contribution in [2.45, 2.75) is 13.8 Å². The van der Waals surface area contributed by atoms with Crippen LogP contribution in [0.3, 0.4) is 0 Å². The van der Waals surface area contributed by atoms with Gasteiger partial charge in [-0.1, -0.05) is 30.3 Å². The largest absolute Gasteiger partial charge is 0.452 e. The highest BCUT2D eigenvalue weighted by molar-refractivity contribution is 6.14. The highest BCUT2D eigenvalue weighted by Crippen LogP contribution is 2.20. The van der Waals surface area contributed by atoms with Crippen LogP contribution in [0.2, 0.25) is 0 Å². The zero-order chi connectivity index (χ0) is 26.4. The monoisotopic (exact) mass is 498 g/mol. The van der Waals surface area contributed by atoms with Gasteiger partial charge in [0.15, 0.2) is 29.8 Å². The van der Waals surface area contributed by atoms with Crippen molar-refractivity contribution in [2.24, 2.45) is 0 Å². The molecule has 0 fully saturated rings. The van der Waals surface area contributed by atoms with Crippen molar-refractivity contribution >= 4 is 29.3 Å². The van der Waals surface area contributed by atoms with Crippen molar-refractivity contribution < 1.29 is 37.1 Å². The van der Waals surface area contributed by atoms with Gasteiger partial charge in [-0.3, -0.25) is 14.4 Å². The second-order valence-corrected chi connectivity index (χ2v) is 7.80. The summed E-state index contributed by atoms with van der Waals surface area (Å²) >= 11 is 0. The molecule has 3 rings (SSSR count). The molecular formula is C26H21F3N2O5. The van der Waals surface area contributed by atoms with Gasteiger partial charge in [0, 0.05) is 11.1 Å². The van der Waals surface area contributed by atoms with Crippen molar-refractivity contribution in [3.63, 3.8) is 0 Å². The van der Waals surface area contributed by atoms with E-state index in [-0.39, 0.29) is 11.1 Å². The molecule has 2 amide bonds. The lowest BCUT2D eigenvalue weighted by molar-refractivity contribution is -0.126. The van der Waals surface area contributed by atoms with Gasteiger partial charge < -0.3 is 15.4 Å². The lowest BCUT2D eigenvalue weighted by atomic mass is 9.96. The predicted molar refractivity (Wildman–Crippen MR) is 124 cm³/mol. The van der Waals surface area contributed by atoms with Crippen molar-refractivity contribution in [2.75, 3.05) is 18.5 Å². The Morgan fingerprint density at radius 1 is 0.806 bits per heavy atom. The Kier molecular flexibility index (Phi) is 8.21. The number of anilines is 1. The first-order chi connectivity index (χ1) is 17.1. The summed E-state index contributed by atoms with van der Waals surface area (Å²) < 4.78 is 44.8. The maximum absolute atomic E-state index is 13.6. The van der Waals surface area contributed by atoms with Gasteiger partial charge in [0.1, 0.15) is 0 Å². The Balaban J connectivity index is 1.57. The van der Waals surface area contributed by atoms with Crippen LogP contribution >= 0.6 is 0 Å². The number of hydrogen-bond acceptors (Lipinski definition) is 5. The zero-order valence-electron chi connectivity index (χ0n) is 19.3. The quantitative estimate of drug-likeness (QED) is 0.279. The van der Waals surface area contributed by atoms with Crippen molar-refractivity contribution in [3.8, 4) is 0 Å². The van der Waals surface area contributed by atoms with Crippen LogP contribution in [-0.4, -0.2) is 36.7 Å². The molecule has 0 aliphatic carbocycles. The average molecular weight is 498 g/mol. The number of aryl methyl sites for hydroxylation is 2. The van der Waals surface area contributed by atoms with E-state index in [1.54, 1.807) is 24.3 Å². The van der Waals surface area contributed by atoms with E-state index in [9.17, 15) is 32.3 Å². The Labute approximate surface area is 204 Å². The average Bonchev–Trinajstić information content (AvgIpc) is 2.87. The Morgan fingerprint density at radius 2 is 1.50 bits per heavy atom. The van der Waals surface area contributed by atoms with Crippen LogP contribution < -0.4 is 10.6 Å². The minimum atomic E-state index is -1.75. The van der Waals surface area contributed by atoms with E-state index in [0.29, 0.717) is 11.6 Å². The standard InChI is InChI=1S/C26H21F3N2O5/c1-14-7-8-16(11-15(14)2)25(34)17-5-3-4-6-18(17)26(35)36-13-22(33)30-12-21(32)31-20-10-9-19(27)23(28)24(20)29/h3-11H,12-13H2,1-2H3,(H,30,33)(H,31,32). The van der Waals surface area contributed by atoms with Crippen molar-refractivity contribution in [3.05, 3.63) is 99.9 Å². The van der Waals surface area contributed by atoms with Gasteiger partial charge in [0.05, 0.1) is 17.8 Å². The number of nitrogens with one attached hydrogen (secondary N) is 2. The summed E-state index contributed by atoms with van der Waals surface area (Å²) in [6.45, 7) is 2.35. The van der Waals surface area contributed by atoms with Crippen LogP contribution in [0.4, 0.5) is 18.9 Å². The smallest absolute Gasteiger partial charge is 0.339 e. The fourth-order valence-electron chi connectivity index (χ4n) is 3.15. The number of amides is 2. The molecule has 0 bridgehead atoms. The summed E-state index contributed by atoms with van der Waals surface area (Å²) in [6.07, 6.45) is 0. The van der Waals surface area contributed by atoms with Crippen molar-refractivity contribution in [1.82, 2.24) is 5.32 Å². The fourth-order valence-corrected chi connectivity index (χ4v) is 3.15. The molecular weight excluding hydrogens is 477 g/mol. The molecule has 0 saturated carbocycles. The minimum absolute atomic E-state index is 0.0416. The summed E-state index contributed by atoms with van der Waals surface area (Å²) in [6, 6.07) is 12.6.